The zero-order valence-electron chi connectivity index (χ0n) is 30.7. The van der Waals surface area contributed by atoms with Crippen molar-refractivity contribution in [2.75, 3.05) is 0 Å². The van der Waals surface area contributed by atoms with Crippen molar-refractivity contribution in [3.63, 3.8) is 0 Å². The summed E-state index contributed by atoms with van der Waals surface area (Å²) in [5.74, 6) is -0.698. The number of ether oxygens (including phenoxy) is 2. The van der Waals surface area contributed by atoms with Crippen LogP contribution >= 0.6 is 0 Å². The van der Waals surface area contributed by atoms with E-state index < -0.39 is 41.5 Å². The second-order valence-corrected chi connectivity index (χ2v) is 15.4. The van der Waals surface area contributed by atoms with Crippen LogP contribution in [0, 0.1) is 0 Å². The number of hydrogen-bond acceptors (Lipinski definition) is 9. The number of benzene rings is 4. The minimum Gasteiger partial charge on any atom is -0.869 e. The fourth-order valence-corrected chi connectivity index (χ4v) is 6.81. The second-order valence-electron chi connectivity index (χ2n) is 12.7. The van der Waals surface area contributed by atoms with E-state index in [0.717, 1.165) is 38.5 Å². The van der Waals surface area contributed by atoms with Gasteiger partial charge in [0, 0.05) is 0 Å². The zero-order chi connectivity index (χ0) is 38.0. The monoisotopic (exact) mass is 794 g/mol. The molecule has 4 rings (SSSR count). The maximum absolute atomic E-state index is 12.3. The van der Waals surface area contributed by atoms with Gasteiger partial charge in [0.2, 0.25) is 0 Å². The fourth-order valence-electron chi connectivity index (χ4n) is 5.54. The maximum Gasteiger partial charge on any atom is 2.00 e. The third kappa shape index (κ3) is 16.6. The Balaban J connectivity index is 0.000000360. The Labute approximate surface area is 345 Å². The molecule has 0 unspecified atom stereocenters. The summed E-state index contributed by atoms with van der Waals surface area (Å²) in [6.45, 7) is 4.32. The number of phenols is 1. The molecule has 0 amide bonds. The summed E-state index contributed by atoms with van der Waals surface area (Å²) in [6.07, 6.45) is 14.5. The largest absolute Gasteiger partial charge is 2.00 e. The first kappa shape index (κ1) is 46.3. The van der Waals surface area contributed by atoms with Crippen LogP contribution in [0.15, 0.2) is 94.7 Å². The molecule has 0 radical (unpaired) electrons. The van der Waals surface area contributed by atoms with E-state index in [1.54, 1.807) is 60.7 Å². The van der Waals surface area contributed by atoms with Crippen molar-refractivity contribution in [1.82, 2.24) is 0 Å². The van der Waals surface area contributed by atoms with Crippen LogP contribution in [-0.2, 0) is 33.1 Å². The van der Waals surface area contributed by atoms with Crippen molar-refractivity contribution >= 4 is 58.0 Å². The summed E-state index contributed by atoms with van der Waals surface area (Å²) >= 11 is 0. The van der Waals surface area contributed by atoms with Crippen LogP contribution in [0.4, 0.5) is 0 Å². The number of para-hydroxylation sites is 2. The molecule has 0 aromatic heterocycles. The molecule has 0 saturated carbocycles. The Morgan fingerprint density at radius 2 is 0.981 bits per heavy atom. The first-order chi connectivity index (χ1) is 24.8. The van der Waals surface area contributed by atoms with Gasteiger partial charge < -0.3 is 24.2 Å². The van der Waals surface area contributed by atoms with Gasteiger partial charge in [-0.25, -0.2) is 8.42 Å². The first-order valence-electron chi connectivity index (χ1n) is 17.9. The van der Waals surface area contributed by atoms with Gasteiger partial charge in [0.15, 0.2) is 11.5 Å². The average Bonchev–Trinajstić information content (AvgIpc) is 3.10. The molecule has 0 heterocycles. The van der Waals surface area contributed by atoms with E-state index in [-0.39, 0.29) is 49.2 Å². The molecule has 4 aromatic rings. The van der Waals surface area contributed by atoms with Crippen LogP contribution in [-0.4, -0.2) is 68.8 Å². The molecule has 0 aliphatic carbocycles. The van der Waals surface area contributed by atoms with Crippen LogP contribution in [0.5, 0.6) is 34.5 Å². The molecule has 0 bridgehead atoms. The Hall–Kier alpha value is -2.84. The number of phenolic OH excluding ortho intramolecular Hbond substituents is 1. The predicted octanol–water partition coefficient (Wildman–Crippen LogP) is 9.31. The van der Waals surface area contributed by atoms with E-state index in [1.807, 2.05) is 6.07 Å². The van der Waals surface area contributed by atoms with E-state index in [0.29, 0.717) is 35.5 Å². The minimum absolute atomic E-state index is 0. The summed E-state index contributed by atoms with van der Waals surface area (Å²) in [5, 5.41) is 22.5. The smallest absolute Gasteiger partial charge is 0.869 e. The topological polar surface area (TPSA) is 173 Å². The molecular formula is C40H50CaO10S2. The van der Waals surface area contributed by atoms with Gasteiger partial charge in [-0.15, -0.1) is 0 Å². The molecule has 10 nitrogen and oxygen atoms in total. The molecule has 0 aliphatic rings. The van der Waals surface area contributed by atoms with Gasteiger partial charge in [-0.3, -0.25) is 4.55 Å². The van der Waals surface area contributed by atoms with E-state index in [9.17, 15) is 36.2 Å². The number of aryl methyl sites for hydroxylation is 2. The predicted molar refractivity (Wildman–Crippen MR) is 205 cm³/mol. The van der Waals surface area contributed by atoms with Gasteiger partial charge in [-0.2, -0.15) is 8.42 Å². The van der Waals surface area contributed by atoms with Crippen LogP contribution in [0.1, 0.15) is 102 Å². The van der Waals surface area contributed by atoms with Crippen molar-refractivity contribution in [3.05, 3.63) is 96.1 Å². The molecule has 2 N–H and O–H groups in total. The second kappa shape index (κ2) is 23.8. The van der Waals surface area contributed by atoms with Gasteiger partial charge in [-0.1, -0.05) is 114 Å². The third-order valence-electron chi connectivity index (χ3n) is 8.31. The number of rotatable bonds is 20. The van der Waals surface area contributed by atoms with E-state index >= 15 is 0 Å². The standard InChI is InChI=1S/2C20H26O5S.Ca/c2*1-2-3-4-5-6-8-11-16-14-18(25-17-12-9-7-10-13-17)20(21)19(15-16)26(22,23)24;/h2*7,9-10,12-15,21H,2-6,8,11H2,1H3,(H,22,23,24);/q;;+2/p-2. The average molecular weight is 795 g/mol. The van der Waals surface area contributed by atoms with Gasteiger partial charge in [-0.05, 0) is 91.1 Å². The van der Waals surface area contributed by atoms with E-state index in [1.165, 1.54) is 56.7 Å². The molecule has 0 spiro atoms. The molecule has 13 heteroatoms. The molecule has 284 valence electrons. The first-order valence-corrected chi connectivity index (χ1v) is 20.8. The van der Waals surface area contributed by atoms with Crippen LogP contribution < -0.4 is 14.6 Å². The Kier molecular flexibility index (Phi) is 20.8. The van der Waals surface area contributed by atoms with Crippen molar-refractivity contribution in [2.24, 2.45) is 0 Å². The Morgan fingerprint density at radius 3 is 1.42 bits per heavy atom. The van der Waals surface area contributed by atoms with Crippen LogP contribution in [0.2, 0.25) is 0 Å². The maximum atomic E-state index is 12.3. The van der Waals surface area contributed by atoms with Crippen LogP contribution in [0.25, 0.3) is 0 Å². The summed E-state index contributed by atoms with van der Waals surface area (Å²) in [7, 11) is -9.40. The van der Waals surface area contributed by atoms with Crippen molar-refractivity contribution < 1.29 is 45.6 Å². The third-order valence-corrected chi connectivity index (χ3v) is 10.0. The van der Waals surface area contributed by atoms with Gasteiger partial charge in [0.05, 0.1) is 4.90 Å². The number of unbranched alkanes of at least 4 members (excludes halogenated alkanes) is 10. The SMILES string of the molecule is CCCCCCCCc1cc(Oc2ccccc2)c(O)c(S(=O)(=O)O)c1.CCCCCCCCc1cc(Oc2ccccc2)c([O-])c(S(=O)(=O)[O-])c1.[Ca+2]. The molecule has 53 heavy (non-hydrogen) atoms. The summed E-state index contributed by atoms with van der Waals surface area (Å²) in [4.78, 5) is -1.26. The Morgan fingerprint density at radius 1 is 0.585 bits per heavy atom. The van der Waals surface area contributed by atoms with Crippen LogP contribution in [0.3, 0.4) is 0 Å². The molecule has 0 fully saturated rings. The number of hydrogen-bond donors (Lipinski definition) is 2. The fraction of sp³-hybridized carbons (Fsp3) is 0.400. The van der Waals surface area contributed by atoms with Gasteiger partial charge >= 0.3 is 37.7 Å². The van der Waals surface area contributed by atoms with E-state index in [2.05, 4.69) is 13.8 Å². The zero-order valence-corrected chi connectivity index (χ0v) is 34.5. The van der Waals surface area contributed by atoms with E-state index in [4.69, 9.17) is 9.47 Å². The quantitative estimate of drug-likeness (QED) is 0.0499. The molecule has 0 atom stereocenters. The summed E-state index contributed by atoms with van der Waals surface area (Å²) in [5.41, 5.74) is 1.33. The van der Waals surface area contributed by atoms with Gasteiger partial charge in [0.1, 0.15) is 32.3 Å². The molecular weight excluding hydrogens is 745 g/mol. The molecule has 4 aromatic carbocycles. The van der Waals surface area contributed by atoms with Gasteiger partial charge in [0.25, 0.3) is 10.1 Å². The molecule has 0 saturated heterocycles. The van der Waals surface area contributed by atoms with Crippen molar-refractivity contribution in [1.29, 1.82) is 0 Å². The van der Waals surface area contributed by atoms with Crippen molar-refractivity contribution in [3.8, 4) is 34.5 Å². The number of aromatic hydroxyl groups is 1. The summed E-state index contributed by atoms with van der Waals surface area (Å²) in [6, 6.07) is 23.0. The minimum atomic E-state index is -4.86. The Bertz CT molecular complexity index is 1750. The van der Waals surface area contributed by atoms with Crippen molar-refractivity contribution in [2.45, 2.75) is 114 Å². The summed E-state index contributed by atoms with van der Waals surface area (Å²) < 4.78 is 78.1. The normalized spacial score (nSPS) is 11.2. The molecule has 0 aliphatic heterocycles.